The molecule has 1 heterocycles. The molecule has 1 amide bonds. The van der Waals surface area contributed by atoms with Crippen LogP contribution in [0.1, 0.15) is 27.4 Å². The molecule has 90 valence electrons. The Hall–Kier alpha value is -2.61. The molecule has 0 spiro atoms. The maximum absolute atomic E-state index is 12.0. The first-order valence-corrected chi connectivity index (χ1v) is 5.36. The summed E-state index contributed by atoms with van der Waals surface area (Å²) in [5.41, 5.74) is 2.03. The van der Waals surface area contributed by atoms with Crippen LogP contribution < -0.4 is 5.32 Å². The monoisotopic (exact) mass is 241 g/mol. The average molecular weight is 241 g/mol. The summed E-state index contributed by atoms with van der Waals surface area (Å²) >= 11 is 0. The number of hydrogen-bond donors (Lipinski definition) is 1. The number of hydrogen-bond acceptors (Lipinski definition) is 4. The molecule has 2 aromatic rings. The molecule has 5 nitrogen and oxygen atoms in total. The van der Waals surface area contributed by atoms with E-state index in [2.05, 4.69) is 10.5 Å². The van der Waals surface area contributed by atoms with Gasteiger partial charge in [0.25, 0.3) is 5.91 Å². The predicted molar refractivity (Wildman–Crippen MR) is 65.1 cm³/mol. The molecule has 0 bridgehead atoms. The number of anilines is 1. The van der Waals surface area contributed by atoms with Crippen LogP contribution in [0.4, 0.5) is 5.69 Å². The van der Waals surface area contributed by atoms with E-state index < -0.39 is 0 Å². The van der Waals surface area contributed by atoms with Gasteiger partial charge in [0.05, 0.1) is 17.3 Å². The van der Waals surface area contributed by atoms with Gasteiger partial charge in [-0.15, -0.1) is 0 Å². The summed E-state index contributed by atoms with van der Waals surface area (Å²) in [6.07, 6.45) is 0. The number of benzene rings is 1. The molecule has 0 fully saturated rings. The lowest BCUT2D eigenvalue weighted by atomic mass is 10.1. The Morgan fingerprint density at radius 2 is 2.22 bits per heavy atom. The van der Waals surface area contributed by atoms with Crippen molar-refractivity contribution < 1.29 is 9.32 Å². The highest BCUT2D eigenvalue weighted by atomic mass is 16.5. The molecule has 18 heavy (non-hydrogen) atoms. The van der Waals surface area contributed by atoms with Crippen LogP contribution in [0, 0.1) is 25.2 Å². The third-order valence-corrected chi connectivity index (χ3v) is 2.51. The van der Waals surface area contributed by atoms with Crippen molar-refractivity contribution in [3.63, 3.8) is 0 Å². The van der Waals surface area contributed by atoms with Crippen molar-refractivity contribution in [2.75, 3.05) is 5.32 Å². The van der Waals surface area contributed by atoms with Crippen LogP contribution in [0.15, 0.2) is 28.8 Å². The lowest BCUT2D eigenvalue weighted by Gasteiger charge is -2.04. The number of rotatable bonds is 2. The molecular formula is C13H11N3O2. The standard InChI is InChI=1S/C13H11N3O2/c1-8-12(9(2)18-16-8)13(17)15-11-5-3-4-10(6-11)7-14/h3-6H,1-2H3,(H,15,17). The molecule has 0 saturated carbocycles. The normalized spacial score (nSPS) is 9.83. The van der Waals surface area contributed by atoms with Gasteiger partial charge >= 0.3 is 0 Å². The van der Waals surface area contributed by atoms with Crippen molar-refractivity contribution in [2.24, 2.45) is 0 Å². The fourth-order valence-electron chi connectivity index (χ4n) is 1.67. The predicted octanol–water partition coefficient (Wildman–Crippen LogP) is 2.42. The number of aromatic nitrogens is 1. The van der Waals surface area contributed by atoms with Gasteiger partial charge in [-0.3, -0.25) is 4.79 Å². The Labute approximate surface area is 104 Å². The third kappa shape index (κ3) is 2.23. The van der Waals surface area contributed by atoms with Gasteiger partial charge in [0.1, 0.15) is 11.3 Å². The molecule has 0 unspecified atom stereocenters. The lowest BCUT2D eigenvalue weighted by molar-refractivity contribution is 0.102. The van der Waals surface area contributed by atoms with Crippen LogP contribution in [-0.2, 0) is 0 Å². The van der Waals surface area contributed by atoms with Crippen molar-refractivity contribution in [2.45, 2.75) is 13.8 Å². The fourth-order valence-corrected chi connectivity index (χ4v) is 1.67. The van der Waals surface area contributed by atoms with Crippen molar-refractivity contribution in [3.05, 3.63) is 46.8 Å². The minimum absolute atomic E-state index is 0.290. The van der Waals surface area contributed by atoms with E-state index in [0.29, 0.717) is 28.3 Å². The minimum Gasteiger partial charge on any atom is -0.361 e. The topological polar surface area (TPSA) is 78.9 Å². The van der Waals surface area contributed by atoms with Crippen molar-refractivity contribution in [1.29, 1.82) is 5.26 Å². The van der Waals surface area contributed by atoms with Crippen molar-refractivity contribution in [3.8, 4) is 6.07 Å². The summed E-state index contributed by atoms with van der Waals surface area (Å²) < 4.78 is 4.94. The van der Waals surface area contributed by atoms with E-state index in [9.17, 15) is 4.79 Å². The van der Waals surface area contributed by atoms with E-state index in [0.717, 1.165) is 0 Å². The molecule has 2 rings (SSSR count). The maximum Gasteiger partial charge on any atom is 0.261 e. The molecular weight excluding hydrogens is 230 g/mol. The first-order valence-electron chi connectivity index (χ1n) is 5.36. The molecule has 1 aromatic carbocycles. The highest BCUT2D eigenvalue weighted by molar-refractivity contribution is 6.05. The summed E-state index contributed by atoms with van der Waals surface area (Å²) in [6, 6.07) is 8.72. The first kappa shape index (κ1) is 11.9. The number of carbonyl (C=O) groups excluding carboxylic acids is 1. The number of amides is 1. The summed E-state index contributed by atoms with van der Waals surface area (Å²) in [4.78, 5) is 12.0. The second kappa shape index (κ2) is 4.72. The van der Waals surface area contributed by atoms with Crippen LogP contribution in [0.3, 0.4) is 0 Å². The van der Waals surface area contributed by atoms with E-state index in [1.807, 2.05) is 6.07 Å². The molecule has 1 N–H and O–H groups in total. The Morgan fingerprint density at radius 3 is 2.83 bits per heavy atom. The van der Waals surface area contributed by atoms with Gasteiger partial charge < -0.3 is 9.84 Å². The van der Waals surface area contributed by atoms with E-state index in [1.165, 1.54) is 0 Å². The van der Waals surface area contributed by atoms with Crippen molar-refractivity contribution in [1.82, 2.24) is 5.16 Å². The Morgan fingerprint density at radius 1 is 1.44 bits per heavy atom. The first-order chi connectivity index (χ1) is 8.61. The van der Waals surface area contributed by atoms with Gasteiger partial charge in [-0.2, -0.15) is 5.26 Å². The average Bonchev–Trinajstić information content (AvgIpc) is 2.69. The quantitative estimate of drug-likeness (QED) is 0.875. The molecule has 0 atom stereocenters. The number of nitrogens with one attached hydrogen (secondary N) is 1. The summed E-state index contributed by atoms with van der Waals surface area (Å²) in [5.74, 6) is 0.183. The molecule has 0 aliphatic heterocycles. The van der Waals surface area contributed by atoms with Gasteiger partial charge in [-0.25, -0.2) is 0 Å². The van der Waals surface area contributed by atoms with E-state index in [1.54, 1.807) is 38.1 Å². The van der Waals surface area contributed by atoms with Crippen LogP contribution >= 0.6 is 0 Å². The zero-order chi connectivity index (χ0) is 13.1. The maximum atomic E-state index is 12.0. The van der Waals surface area contributed by atoms with Gasteiger partial charge in [0, 0.05) is 5.69 Å². The number of aryl methyl sites for hydroxylation is 2. The van der Waals surface area contributed by atoms with E-state index in [-0.39, 0.29) is 5.91 Å². The smallest absolute Gasteiger partial charge is 0.261 e. The fraction of sp³-hybridized carbons (Fsp3) is 0.154. The Balaban J connectivity index is 2.25. The van der Waals surface area contributed by atoms with Crippen LogP contribution in [0.2, 0.25) is 0 Å². The SMILES string of the molecule is Cc1noc(C)c1C(=O)Nc1cccc(C#N)c1. The lowest BCUT2D eigenvalue weighted by Crippen LogP contribution is -2.13. The second-order valence-electron chi connectivity index (χ2n) is 3.85. The van der Waals surface area contributed by atoms with Crippen molar-refractivity contribution >= 4 is 11.6 Å². The summed E-state index contributed by atoms with van der Waals surface area (Å²) in [5, 5.41) is 15.2. The van der Waals surface area contributed by atoms with Crippen LogP contribution in [0.25, 0.3) is 0 Å². The molecule has 0 aliphatic rings. The molecule has 0 aliphatic carbocycles. The summed E-state index contributed by atoms with van der Waals surface area (Å²) in [7, 11) is 0. The number of carbonyl (C=O) groups is 1. The molecule has 1 aromatic heterocycles. The third-order valence-electron chi connectivity index (χ3n) is 2.51. The Bertz CT molecular complexity index is 618. The molecule has 5 heteroatoms. The van der Waals surface area contributed by atoms with E-state index in [4.69, 9.17) is 9.78 Å². The van der Waals surface area contributed by atoms with Gasteiger partial charge in [0.15, 0.2) is 0 Å². The summed E-state index contributed by atoms with van der Waals surface area (Å²) in [6.45, 7) is 3.39. The Kier molecular flexibility index (Phi) is 3.11. The number of nitrogens with zero attached hydrogens (tertiary/aromatic N) is 2. The van der Waals surface area contributed by atoms with Gasteiger partial charge in [0.2, 0.25) is 0 Å². The zero-order valence-electron chi connectivity index (χ0n) is 10.0. The number of nitriles is 1. The van der Waals surface area contributed by atoms with E-state index >= 15 is 0 Å². The van der Waals surface area contributed by atoms with Crippen LogP contribution in [0.5, 0.6) is 0 Å². The molecule has 0 saturated heterocycles. The van der Waals surface area contributed by atoms with Gasteiger partial charge in [-0.05, 0) is 32.0 Å². The molecule has 0 radical (unpaired) electrons. The minimum atomic E-state index is -0.290. The van der Waals surface area contributed by atoms with Gasteiger partial charge in [-0.1, -0.05) is 11.2 Å². The zero-order valence-corrected chi connectivity index (χ0v) is 10.0. The highest BCUT2D eigenvalue weighted by Gasteiger charge is 2.17. The largest absolute Gasteiger partial charge is 0.361 e. The highest BCUT2D eigenvalue weighted by Crippen LogP contribution is 2.16. The van der Waals surface area contributed by atoms with Crippen LogP contribution in [-0.4, -0.2) is 11.1 Å². The second-order valence-corrected chi connectivity index (χ2v) is 3.85.